The SMILES string of the molecule is CCC(=O)NC1CCC(N(C)C)CC1. The highest BCUT2D eigenvalue weighted by Gasteiger charge is 2.22. The van der Waals surface area contributed by atoms with Gasteiger partial charge in [0.2, 0.25) is 5.91 Å². The van der Waals surface area contributed by atoms with E-state index in [4.69, 9.17) is 0 Å². The third-order valence-electron chi connectivity index (χ3n) is 3.11. The van der Waals surface area contributed by atoms with Crippen LogP contribution in [0, 0.1) is 0 Å². The molecule has 1 N–H and O–H groups in total. The van der Waals surface area contributed by atoms with Crippen LogP contribution in [0.15, 0.2) is 0 Å². The number of amides is 1. The molecule has 1 aliphatic carbocycles. The van der Waals surface area contributed by atoms with Gasteiger partial charge in [-0.05, 0) is 39.8 Å². The van der Waals surface area contributed by atoms with E-state index in [1.54, 1.807) is 0 Å². The molecule has 1 amide bonds. The fourth-order valence-electron chi connectivity index (χ4n) is 2.07. The lowest BCUT2D eigenvalue weighted by Gasteiger charge is -2.32. The van der Waals surface area contributed by atoms with Crippen molar-refractivity contribution < 1.29 is 4.79 Å². The largest absolute Gasteiger partial charge is 0.353 e. The van der Waals surface area contributed by atoms with Crippen molar-refractivity contribution in [3.05, 3.63) is 0 Å². The zero-order valence-corrected chi connectivity index (χ0v) is 9.55. The van der Waals surface area contributed by atoms with E-state index in [1.807, 2.05) is 6.92 Å². The summed E-state index contributed by atoms with van der Waals surface area (Å²) in [5.41, 5.74) is 0. The predicted molar refractivity (Wildman–Crippen MR) is 58.2 cm³/mol. The van der Waals surface area contributed by atoms with E-state index in [2.05, 4.69) is 24.3 Å². The Morgan fingerprint density at radius 1 is 1.29 bits per heavy atom. The second-order valence-electron chi connectivity index (χ2n) is 4.39. The summed E-state index contributed by atoms with van der Waals surface area (Å²) in [5.74, 6) is 0.193. The Hall–Kier alpha value is -0.570. The van der Waals surface area contributed by atoms with Crippen LogP contribution >= 0.6 is 0 Å². The highest BCUT2D eigenvalue weighted by atomic mass is 16.1. The van der Waals surface area contributed by atoms with E-state index < -0.39 is 0 Å². The second-order valence-corrected chi connectivity index (χ2v) is 4.39. The summed E-state index contributed by atoms with van der Waals surface area (Å²) in [6.07, 6.45) is 5.29. The van der Waals surface area contributed by atoms with Gasteiger partial charge in [0.05, 0.1) is 0 Å². The van der Waals surface area contributed by atoms with Crippen LogP contribution in [0.1, 0.15) is 39.0 Å². The maximum atomic E-state index is 11.2. The van der Waals surface area contributed by atoms with Crippen molar-refractivity contribution in [2.24, 2.45) is 0 Å². The van der Waals surface area contributed by atoms with Gasteiger partial charge in [-0.25, -0.2) is 0 Å². The van der Waals surface area contributed by atoms with Gasteiger partial charge in [-0.2, -0.15) is 0 Å². The maximum Gasteiger partial charge on any atom is 0.219 e. The fraction of sp³-hybridized carbons (Fsp3) is 0.909. The summed E-state index contributed by atoms with van der Waals surface area (Å²) in [7, 11) is 4.27. The monoisotopic (exact) mass is 198 g/mol. The zero-order chi connectivity index (χ0) is 10.6. The van der Waals surface area contributed by atoms with E-state index in [0.29, 0.717) is 18.5 Å². The Labute approximate surface area is 86.9 Å². The number of hydrogen-bond acceptors (Lipinski definition) is 2. The third kappa shape index (κ3) is 3.29. The topological polar surface area (TPSA) is 32.3 Å². The Balaban J connectivity index is 2.25. The molecule has 1 rings (SSSR count). The molecule has 0 aromatic carbocycles. The summed E-state index contributed by atoms with van der Waals surface area (Å²) >= 11 is 0. The van der Waals surface area contributed by atoms with Gasteiger partial charge in [0, 0.05) is 18.5 Å². The first-order valence-electron chi connectivity index (χ1n) is 5.59. The summed E-state index contributed by atoms with van der Waals surface area (Å²) in [6, 6.07) is 1.14. The first-order chi connectivity index (χ1) is 6.63. The van der Waals surface area contributed by atoms with E-state index in [0.717, 1.165) is 12.8 Å². The fourth-order valence-corrected chi connectivity index (χ4v) is 2.07. The van der Waals surface area contributed by atoms with Gasteiger partial charge in [-0.3, -0.25) is 4.79 Å². The number of nitrogens with one attached hydrogen (secondary N) is 1. The van der Waals surface area contributed by atoms with Gasteiger partial charge < -0.3 is 10.2 Å². The minimum absolute atomic E-state index is 0.193. The molecule has 0 aromatic heterocycles. The van der Waals surface area contributed by atoms with Crippen LogP contribution in [-0.2, 0) is 4.79 Å². The van der Waals surface area contributed by atoms with Crippen LogP contribution in [0.3, 0.4) is 0 Å². The summed E-state index contributed by atoms with van der Waals surface area (Å²) in [5, 5.41) is 3.07. The molecule has 0 radical (unpaired) electrons. The Morgan fingerprint density at radius 3 is 2.29 bits per heavy atom. The molecule has 3 heteroatoms. The molecule has 0 unspecified atom stereocenters. The number of carbonyl (C=O) groups is 1. The quantitative estimate of drug-likeness (QED) is 0.743. The lowest BCUT2D eigenvalue weighted by Crippen LogP contribution is -2.41. The first-order valence-corrected chi connectivity index (χ1v) is 5.59. The molecular weight excluding hydrogens is 176 g/mol. The molecule has 3 nitrogen and oxygen atoms in total. The minimum Gasteiger partial charge on any atom is -0.353 e. The van der Waals surface area contributed by atoms with Crippen LogP contribution in [0.25, 0.3) is 0 Å². The first kappa shape index (κ1) is 11.5. The highest BCUT2D eigenvalue weighted by molar-refractivity contribution is 5.75. The van der Waals surface area contributed by atoms with Crippen LogP contribution in [0.5, 0.6) is 0 Å². The van der Waals surface area contributed by atoms with Crippen LogP contribution < -0.4 is 5.32 Å². The summed E-state index contributed by atoms with van der Waals surface area (Å²) in [6.45, 7) is 1.90. The molecule has 1 aliphatic rings. The van der Waals surface area contributed by atoms with E-state index in [9.17, 15) is 4.79 Å². The van der Waals surface area contributed by atoms with E-state index in [-0.39, 0.29) is 5.91 Å². The molecule has 82 valence electrons. The van der Waals surface area contributed by atoms with Gasteiger partial charge in [0.1, 0.15) is 0 Å². The number of carbonyl (C=O) groups excluding carboxylic acids is 1. The predicted octanol–water partition coefficient (Wildman–Crippen LogP) is 1.39. The zero-order valence-electron chi connectivity index (χ0n) is 9.55. The van der Waals surface area contributed by atoms with E-state index in [1.165, 1.54) is 12.8 Å². The van der Waals surface area contributed by atoms with Crippen molar-refractivity contribution in [2.75, 3.05) is 14.1 Å². The van der Waals surface area contributed by atoms with Crippen molar-refractivity contribution in [3.8, 4) is 0 Å². The average molecular weight is 198 g/mol. The number of rotatable bonds is 3. The number of hydrogen-bond donors (Lipinski definition) is 1. The van der Waals surface area contributed by atoms with Crippen LogP contribution in [-0.4, -0.2) is 37.0 Å². The van der Waals surface area contributed by atoms with E-state index >= 15 is 0 Å². The average Bonchev–Trinajstić information content (AvgIpc) is 2.18. The molecule has 0 aromatic rings. The Bertz CT molecular complexity index is 184. The van der Waals surface area contributed by atoms with Gasteiger partial charge in [-0.15, -0.1) is 0 Å². The van der Waals surface area contributed by atoms with Crippen LogP contribution in [0.2, 0.25) is 0 Å². The smallest absolute Gasteiger partial charge is 0.219 e. The normalized spacial score (nSPS) is 27.7. The van der Waals surface area contributed by atoms with Crippen molar-refractivity contribution >= 4 is 5.91 Å². The van der Waals surface area contributed by atoms with Crippen molar-refractivity contribution in [1.29, 1.82) is 0 Å². The van der Waals surface area contributed by atoms with Crippen molar-refractivity contribution in [1.82, 2.24) is 10.2 Å². The molecule has 1 fully saturated rings. The Kier molecular flexibility index (Phi) is 4.39. The highest BCUT2D eigenvalue weighted by Crippen LogP contribution is 2.21. The number of nitrogens with zero attached hydrogens (tertiary/aromatic N) is 1. The summed E-state index contributed by atoms with van der Waals surface area (Å²) in [4.78, 5) is 13.5. The summed E-state index contributed by atoms with van der Waals surface area (Å²) < 4.78 is 0. The van der Waals surface area contributed by atoms with Crippen LogP contribution in [0.4, 0.5) is 0 Å². The molecule has 0 bridgehead atoms. The molecule has 14 heavy (non-hydrogen) atoms. The molecular formula is C11H22N2O. The van der Waals surface area contributed by atoms with Crippen molar-refractivity contribution in [2.45, 2.75) is 51.1 Å². The van der Waals surface area contributed by atoms with Crippen molar-refractivity contribution in [3.63, 3.8) is 0 Å². The molecule has 0 aliphatic heterocycles. The van der Waals surface area contributed by atoms with Gasteiger partial charge in [0.25, 0.3) is 0 Å². The van der Waals surface area contributed by atoms with Gasteiger partial charge in [-0.1, -0.05) is 6.92 Å². The standard InChI is InChI=1S/C11H22N2O/c1-4-11(14)12-9-5-7-10(8-6-9)13(2)3/h9-10H,4-8H2,1-3H3,(H,12,14). The second kappa shape index (κ2) is 5.35. The molecule has 1 saturated carbocycles. The molecule has 0 spiro atoms. The lowest BCUT2D eigenvalue weighted by atomic mass is 9.90. The maximum absolute atomic E-state index is 11.2. The molecule has 0 atom stereocenters. The van der Waals surface area contributed by atoms with Gasteiger partial charge in [0.15, 0.2) is 0 Å². The minimum atomic E-state index is 0.193. The third-order valence-corrected chi connectivity index (χ3v) is 3.11. The molecule has 0 saturated heterocycles. The Morgan fingerprint density at radius 2 is 1.86 bits per heavy atom. The lowest BCUT2D eigenvalue weighted by molar-refractivity contribution is -0.121. The molecule has 0 heterocycles. The van der Waals surface area contributed by atoms with Gasteiger partial charge >= 0.3 is 0 Å².